The molecule has 1 aromatic heterocycles. The Kier molecular flexibility index (Phi) is 4.34. The van der Waals surface area contributed by atoms with Crippen LogP contribution in [0.1, 0.15) is 5.56 Å². The first-order valence-corrected chi connectivity index (χ1v) is 8.56. The monoisotopic (exact) mass is 359 g/mol. The Balaban J connectivity index is 1.79. The minimum absolute atomic E-state index is 0.137. The van der Waals surface area contributed by atoms with Gasteiger partial charge in [-0.15, -0.1) is 0 Å². The first kappa shape index (κ1) is 16.8. The van der Waals surface area contributed by atoms with Crippen molar-refractivity contribution in [3.63, 3.8) is 0 Å². The molecular weight excluding hydrogens is 342 g/mol. The van der Waals surface area contributed by atoms with Gasteiger partial charge in [-0.1, -0.05) is 36.4 Å². The first-order valence-electron chi connectivity index (χ1n) is 8.56. The van der Waals surface area contributed by atoms with Crippen LogP contribution in [-0.2, 0) is 11.2 Å². The molecule has 3 aromatic carbocycles. The van der Waals surface area contributed by atoms with E-state index in [2.05, 4.69) is 4.98 Å². The number of carboxylic acid groups (broad SMARTS) is 1. The van der Waals surface area contributed by atoms with E-state index in [0.29, 0.717) is 5.75 Å². The Bertz CT molecular complexity index is 1070. The van der Waals surface area contributed by atoms with Gasteiger partial charge in [0.1, 0.15) is 11.5 Å². The van der Waals surface area contributed by atoms with Crippen LogP contribution in [0.15, 0.2) is 72.8 Å². The molecule has 5 heteroatoms. The Morgan fingerprint density at radius 2 is 1.44 bits per heavy atom. The number of nitrogens with zero attached hydrogens (tertiary/aromatic N) is 1. The summed E-state index contributed by atoms with van der Waals surface area (Å²) in [5.74, 6) is -0.395. The highest BCUT2D eigenvalue weighted by molar-refractivity contribution is 6.01. The second kappa shape index (κ2) is 6.96. The van der Waals surface area contributed by atoms with E-state index < -0.39 is 12.1 Å². The van der Waals surface area contributed by atoms with Crippen molar-refractivity contribution in [2.75, 3.05) is 0 Å². The molecule has 0 radical (unpaired) electrons. The average molecular weight is 359 g/mol. The van der Waals surface area contributed by atoms with Gasteiger partial charge in [0.25, 0.3) is 0 Å². The largest absolute Gasteiger partial charge is 0.508 e. The molecule has 0 amide bonds. The number of aromatic hydroxyl groups is 1. The third kappa shape index (κ3) is 3.40. The fourth-order valence-corrected chi connectivity index (χ4v) is 3.10. The molecule has 2 N–H and O–H groups in total. The van der Waals surface area contributed by atoms with Crippen LogP contribution in [0.25, 0.3) is 21.8 Å². The summed E-state index contributed by atoms with van der Waals surface area (Å²) in [7, 11) is 0. The predicted molar refractivity (Wildman–Crippen MR) is 103 cm³/mol. The molecule has 0 aliphatic heterocycles. The zero-order valence-corrected chi connectivity index (χ0v) is 14.4. The maximum absolute atomic E-state index is 11.9. The van der Waals surface area contributed by atoms with Crippen molar-refractivity contribution in [3.8, 4) is 11.5 Å². The minimum atomic E-state index is -1.07. The molecule has 0 aliphatic rings. The van der Waals surface area contributed by atoms with Crippen molar-refractivity contribution in [1.29, 1.82) is 0 Å². The normalized spacial score (nSPS) is 12.1. The molecule has 0 unspecified atom stereocenters. The van der Waals surface area contributed by atoms with Crippen LogP contribution in [0, 0.1) is 0 Å². The topological polar surface area (TPSA) is 79.7 Å². The maximum Gasteiger partial charge on any atom is 0.345 e. The van der Waals surface area contributed by atoms with Crippen LogP contribution >= 0.6 is 0 Å². The smallest absolute Gasteiger partial charge is 0.345 e. The van der Waals surface area contributed by atoms with E-state index in [-0.39, 0.29) is 12.2 Å². The van der Waals surface area contributed by atoms with Crippen molar-refractivity contribution in [1.82, 2.24) is 4.98 Å². The second-order valence-corrected chi connectivity index (χ2v) is 6.29. The molecule has 4 aromatic rings. The van der Waals surface area contributed by atoms with Gasteiger partial charge in [0.15, 0.2) is 6.10 Å². The van der Waals surface area contributed by atoms with Gasteiger partial charge in [-0.25, -0.2) is 9.78 Å². The lowest BCUT2D eigenvalue weighted by Gasteiger charge is -2.18. The zero-order chi connectivity index (χ0) is 18.8. The SMILES string of the molecule is O=C(O)[C@H](Cc1ccc(O)cc1)Oc1c2ccccc2nc2ccccc12. The number of carboxylic acids is 1. The van der Waals surface area contributed by atoms with Gasteiger partial charge in [0.2, 0.25) is 0 Å². The minimum Gasteiger partial charge on any atom is -0.508 e. The molecule has 5 nitrogen and oxygen atoms in total. The van der Waals surface area contributed by atoms with Crippen LogP contribution in [0.3, 0.4) is 0 Å². The number of aliphatic carboxylic acids is 1. The van der Waals surface area contributed by atoms with Crippen molar-refractivity contribution in [2.24, 2.45) is 0 Å². The number of phenols is 1. The Morgan fingerprint density at radius 3 is 2.00 bits per heavy atom. The van der Waals surface area contributed by atoms with Gasteiger partial charge in [-0.05, 0) is 42.0 Å². The van der Waals surface area contributed by atoms with Gasteiger partial charge in [-0.3, -0.25) is 0 Å². The van der Waals surface area contributed by atoms with E-state index in [9.17, 15) is 15.0 Å². The molecule has 0 bridgehead atoms. The van der Waals surface area contributed by atoms with Crippen LogP contribution in [-0.4, -0.2) is 27.3 Å². The van der Waals surface area contributed by atoms with Gasteiger partial charge in [0.05, 0.1) is 11.0 Å². The second-order valence-electron chi connectivity index (χ2n) is 6.29. The quantitative estimate of drug-likeness (QED) is 0.523. The summed E-state index contributed by atoms with van der Waals surface area (Å²) in [6.07, 6.45) is -0.885. The fourth-order valence-electron chi connectivity index (χ4n) is 3.10. The molecular formula is C22H17NO4. The summed E-state index contributed by atoms with van der Waals surface area (Å²) in [6, 6.07) is 21.5. The maximum atomic E-state index is 11.9. The Morgan fingerprint density at radius 1 is 0.889 bits per heavy atom. The van der Waals surface area contributed by atoms with E-state index in [4.69, 9.17) is 4.74 Å². The van der Waals surface area contributed by atoms with Crippen LogP contribution in [0.5, 0.6) is 11.5 Å². The third-order valence-electron chi connectivity index (χ3n) is 4.43. The molecule has 27 heavy (non-hydrogen) atoms. The van der Waals surface area contributed by atoms with Gasteiger partial charge < -0.3 is 14.9 Å². The number of fused-ring (bicyclic) bond motifs is 2. The number of hydrogen-bond donors (Lipinski definition) is 2. The lowest BCUT2D eigenvalue weighted by atomic mass is 10.1. The number of phenolic OH excluding ortho intramolecular Hbond substituents is 1. The molecule has 4 rings (SSSR count). The molecule has 1 heterocycles. The van der Waals surface area contributed by atoms with Crippen molar-refractivity contribution in [3.05, 3.63) is 78.4 Å². The van der Waals surface area contributed by atoms with Crippen molar-refractivity contribution < 1.29 is 19.7 Å². The van der Waals surface area contributed by atoms with Crippen LogP contribution < -0.4 is 4.74 Å². The van der Waals surface area contributed by atoms with E-state index in [1.165, 1.54) is 12.1 Å². The molecule has 0 aliphatic carbocycles. The van der Waals surface area contributed by atoms with Crippen molar-refractivity contribution in [2.45, 2.75) is 12.5 Å². The summed E-state index contributed by atoms with van der Waals surface area (Å²) >= 11 is 0. The summed E-state index contributed by atoms with van der Waals surface area (Å²) in [5, 5.41) is 20.7. The lowest BCUT2D eigenvalue weighted by molar-refractivity contribution is -0.144. The molecule has 1 atom stereocenters. The Hall–Kier alpha value is -3.60. The van der Waals surface area contributed by atoms with E-state index in [1.807, 2.05) is 48.5 Å². The molecule has 0 fully saturated rings. The zero-order valence-electron chi connectivity index (χ0n) is 14.4. The number of ether oxygens (including phenoxy) is 1. The van der Waals surface area contributed by atoms with Crippen LogP contribution in [0.4, 0.5) is 0 Å². The van der Waals surface area contributed by atoms with Gasteiger partial charge in [0, 0.05) is 17.2 Å². The van der Waals surface area contributed by atoms with E-state index in [1.54, 1.807) is 12.1 Å². The molecule has 0 saturated heterocycles. The summed E-state index contributed by atoms with van der Waals surface area (Å²) in [4.78, 5) is 16.5. The lowest BCUT2D eigenvalue weighted by Crippen LogP contribution is -2.29. The summed E-state index contributed by atoms with van der Waals surface area (Å²) < 4.78 is 6.03. The number of aromatic nitrogens is 1. The molecule has 0 spiro atoms. The number of pyridine rings is 1. The number of rotatable bonds is 5. The number of benzene rings is 3. The molecule has 0 saturated carbocycles. The number of hydrogen-bond acceptors (Lipinski definition) is 4. The number of carbonyl (C=O) groups is 1. The van der Waals surface area contributed by atoms with Crippen molar-refractivity contribution >= 4 is 27.8 Å². The fraction of sp³-hybridized carbons (Fsp3) is 0.0909. The highest BCUT2D eigenvalue weighted by atomic mass is 16.5. The molecule has 134 valence electrons. The number of para-hydroxylation sites is 2. The van der Waals surface area contributed by atoms with E-state index in [0.717, 1.165) is 27.4 Å². The highest BCUT2D eigenvalue weighted by Crippen LogP contribution is 2.33. The predicted octanol–water partition coefficient (Wildman–Crippen LogP) is 4.17. The average Bonchev–Trinajstić information content (AvgIpc) is 2.68. The summed E-state index contributed by atoms with van der Waals surface area (Å²) in [6.45, 7) is 0. The first-order chi connectivity index (χ1) is 13.1. The summed E-state index contributed by atoms with van der Waals surface area (Å²) in [5.41, 5.74) is 2.27. The third-order valence-corrected chi connectivity index (χ3v) is 4.43. The van der Waals surface area contributed by atoms with Gasteiger partial charge in [-0.2, -0.15) is 0 Å². The van der Waals surface area contributed by atoms with E-state index >= 15 is 0 Å². The van der Waals surface area contributed by atoms with Gasteiger partial charge >= 0.3 is 5.97 Å². The highest BCUT2D eigenvalue weighted by Gasteiger charge is 2.23. The standard InChI is InChI=1S/C22H17NO4/c24-15-11-9-14(10-12-15)13-20(22(25)26)27-21-16-5-1-3-7-18(16)23-19-8-4-2-6-17(19)21/h1-12,20,24H,13H2,(H,25,26)/t20-/m0/s1. The van der Waals surface area contributed by atoms with Crippen LogP contribution in [0.2, 0.25) is 0 Å². The Labute approximate surface area is 155 Å².